The maximum Gasteiger partial charge on any atom is 0.236 e. The number of amides is 1. The van der Waals surface area contributed by atoms with Crippen LogP contribution in [0.25, 0.3) is 0 Å². The fourth-order valence-corrected chi connectivity index (χ4v) is 2.29. The lowest BCUT2D eigenvalue weighted by atomic mass is 10.2. The lowest BCUT2D eigenvalue weighted by Crippen LogP contribution is -2.41. The Morgan fingerprint density at radius 1 is 1.53 bits per heavy atom. The van der Waals surface area contributed by atoms with E-state index in [1.807, 2.05) is 26.3 Å². The van der Waals surface area contributed by atoms with Crippen LogP contribution in [0.2, 0.25) is 0 Å². The summed E-state index contributed by atoms with van der Waals surface area (Å²) in [7, 11) is 1.64. The number of nitrogens with one attached hydrogen (secondary N) is 2. The Bertz CT molecular complexity index is 337. The van der Waals surface area contributed by atoms with Gasteiger partial charge in [0.15, 0.2) is 0 Å². The summed E-state index contributed by atoms with van der Waals surface area (Å²) < 4.78 is 0. The normalized spacial score (nSPS) is 14.7. The van der Waals surface area contributed by atoms with E-state index in [4.69, 9.17) is 0 Å². The molecule has 0 radical (unpaired) electrons. The summed E-state index contributed by atoms with van der Waals surface area (Å²) >= 11 is 1.61. The lowest BCUT2D eigenvalue weighted by Gasteiger charge is -2.18. The van der Waals surface area contributed by atoms with Crippen LogP contribution in [0.3, 0.4) is 0 Å². The monoisotopic (exact) mass is 227 g/mol. The van der Waals surface area contributed by atoms with Crippen molar-refractivity contribution >= 4 is 17.2 Å². The average Bonchev–Trinajstić information content (AvgIpc) is 2.63. The number of thiazole rings is 1. The van der Waals surface area contributed by atoms with Crippen molar-refractivity contribution in [3.8, 4) is 0 Å². The van der Waals surface area contributed by atoms with Crippen LogP contribution in [0.5, 0.6) is 0 Å². The van der Waals surface area contributed by atoms with Crippen molar-refractivity contribution in [2.45, 2.75) is 32.9 Å². The first-order chi connectivity index (χ1) is 7.06. The van der Waals surface area contributed by atoms with Crippen LogP contribution in [0, 0.1) is 6.92 Å². The fraction of sp³-hybridized carbons (Fsp3) is 0.600. The van der Waals surface area contributed by atoms with E-state index in [-0.39, 0.29) is 18.0 Å². The quantitative estimate of drug-likeness (QED) is 0.813. The van der Waals surface area contributed by atoms with E-state index in [2.05, 4.69) is 15.6 Å². The zero-order chi connectivity index (χ0) is 11.4. The van der Waals surface area contributed by atoms with Gasteiger partial charge in [0, 0.05) is 18.0 Å². The highest BCUT2D eigenvalue weighted by molar-refractivity contribution is 7.09. The molecule has 15 heavy (non-hydrogen) atoms. The van der Waals surface area contributed by atoms with Gasteiger partial charge in [-0.2, -0.15) is 0 Å². The third-order valence-corrected chi connectivity index (χ3v) is 3.43. The first kappa shape index (κ1) is 12.1. The third kappa shape index (κ3) is 3.00. The number of aryl methyl sites for hydroxylation is 1. The first-order valence-electron chi connectivity index (χ1n) is 4.94. The summed E-state index contributed by atoms with van der Waals surface area (Å²) in [4.78, 5) is 16.7. The number of carbonyl (C=O) groups excluding carboxylic acids is 1. The van der Waals surface area contributed by atoms with Crippen molar-refractivity contribution in [1.82, 2.24) is 15.6 Å². The summed E-state index contributed by atoms with van der Waals surface area (Å²) in [5.41, 5.74) is 2.86. The number of carbonyl (C=O) groups is 1. The fourth-order valence-electron chi connectivity index (χ4n) is 1.47. The molecule has 1 unspecified atom stereocenters. The van der Waals surface area contributed by atoms with Crippen molar-refractivity contribution in [2.75, 3.05) is 7.05 Å². The predicted octanol–water partition coefficient (Wildman–Crippen LogP) is 1.24. The molecule has 84 valence electrons. The molecule has 1 aromatic heterocycles. The van der Waals surface area contributed by atoms with Gasteiger partial charge in [0.25, 0.3) is 0 Å². The van der Waals surface area contributed by atoms with E-state index in [1.165, 1.54) is 4.88 Å². The smallest absolute Gasteiger partial charge is 0.236 e. The van der Waals surface area contributed by atoms with Crippen LogP contribution in [-0.4, -0.2) is 24.0 Å². The highest BCUT2D eigenvalue weighted by atomic mass is 32.1. The molecule has 0 aliphatic carbocycles. The van der Waals surface area contributed by atoms with Crippen LogP contribution in [0.1, 0.15) is 30.5 Å². The minimum Gasteiger partial charge on any atom is -0.358 e. The van der Waals surface area contributed by atoms with Crippen LogP contribution in [-0.2, 0) is 4.79 Å². The molecule has 4 nitrogen and oxygen atoms in total. The Labute approximate surface area is 94.1 Å². The second kappa shape index (κ2) is 5.23. The molecule has 0 aromatic carbocycles. The number of likely N-dealkylation sites (N-methyl/N-ethyl adjacent to an activating group) is 1. The van der Waals surface area contributed by atoms with Crippen molar-refractivity contribution in [1.29, 1.82) is 0 Å². The molecule has 2 atom stereocenters. The summed E-state index contributed by atoms with van der Waals surface area (Å²) in [6, 6.07) is -0.0312. The molecule has 0 saturated heterocycles. The molecule has 1 amide bonds. The molecule has 2 N–H and O–H groups in total. The Kier molecular flexibility index (Phi) is 4.23. The molecule has 1 rings (SSSR count). The molecule has 1 heterocycles. The molecular weight excluding hydrogens is 210 g/mol. The predicted molar refractivity (Wildman–Crippen MR) is 61.9 cm³/mol. The van der Waals surface area contributed by atoms with Gasteiger partial charge in [0.1, 0.15) is 0 Å². The van der Waals surface area contributed by atoms with Crippen LogP contribution < -0.4 is 10.6 Å². The van der Waals surface area contributed by atoms with Gasteiger partial charge >= 0.3 is 0 Å². The van der Waals surface area contributed by atoms with Gasteiger partial charge in [-0.1, -0.05) is 0 Å². The summed E-state index contributed by atoms with van der Waals surface area (Å²) in [6.07, 6.45) is 0. The van der Waals surface area contributed by atoms with E-state index in [0.29, 0.717) is 0 Å². The van der Waals surface area contributed by atoms with E-state index in [0.717, 1.165) is 5.69 Å². The molecule has 0 spiro atoms. The van der Waals surface area contributed by atoms with Crippen LogP contribution in [0.4, 0.5) is 0 Å². The molecule has 1 aromatic rings. The molecule has 0 aliphatic rings. The standard InChI is InChI=1S/C10H17N3OS/c1-6-9(15-5-12-6)7(2)13-8(3)10(14)11-4/h5,7-8,13H,1-4H3,(H,11,14)/t7?,8-/m1/s1. The zero-order valence-corrected chi connectivity index (χ0v) is 10.3. The number of hydrogen-bond acceptors (Lipinski definition) is 4. The van der Waals surface area contributed by atoms with Gasteiger partial charge in [0.05, 0.1) is 17.2 Å². The Morgan fingerprint density at radius 2 is 2.20 bits per heavy atom. The number of hydrogen-bond donors (Lipinski definition) is 2. The maximum absolute atomic E-state index is 11.3. The second-order valence-electron chi connectivity index (χ2n) is 3.53. The first-order valence-corrected chi connectivity index (χ1v) is 5.81. The van der Waals surface area contributed by atoms with Gasteiger partial charge in [0.2, 0.25) is 5.91 Å². The van der Waals surface area contributed by atoms with Crippen LogP contribution in [0.15, 0.2) is 5.51 Å². The van der Waals surface area contributed by atoms with E-state index >= 15 is 0 Å². The van der Waals surface area contributed by atoms with E-state index in [1.54, 1.807) is 18.4 Å². The van der Waals surface area contributed by atoms with Crippen molar-refractivity contribution in [2.24, 2.45) is 0 Å². The summed E-state index contributed by atoms with van der Waals surface area (Å²) in [6.45, 7) is 5.88. The Balaban J connectivity index is 2.60. The Morgan fingerprint density at radius 3 is 2.67 bits per heavy atom. The van der Waals surface area contributed by atoms with Crippen molar-refractivity contribution in [3.05, 3.63) is 16.1 Å². The minimum atomic E-state index is -0.188. The maximum atomic E-state index is 11.3. The molecular formula is C10H17N3OS. The summed E-state index contributed by atoms with van der Waals surface area (Å²) in [5, 5.41) is 5.85. The summed E-state index contributed by atoms with van der Waals surface area (Å²) in [5.74, 6) is 0.00372. The largest absolute Gasteiger partial charge is 0.358 e. The minimum absolute atomic E-state index is 0.00372. The lowest BCUT2D eigenvalue weighted by molar-refractivity contribution is -0.122. The molecule has 0 aliphatic heterocycles. The highest BCUT2D eigenvalue weighted by Gasteiger charge is 2.17. The molecule has 0 saturated carbocycles. The van der Waals surface area contributed by atoms with Gasteiger partial charge in [-0.25, -0.2) is 4.98 Å². The van der Waals surface area contributed by atoms with Crippen molar-refractivity contribution in [3.63, 3.8) is 0 Å². The average molecular weight is 227 g/mol. The topological polar surface area (TPSA) is 54.0 Å². The number of rotatable bonds is 4. The molecule has 0 bridgehead atoms. The molecule has 5 heteroatoms. The zero-order valence-electron chi connectivity index (χ0n) is 9.50. The number of nitrogens with zero attached hydrogens (tertiary/aromatic N) is 1. The highest BCUT2D eigenvalue weighted by Crippen LogP contribution is 2.21. The van der Waals surface area contributed by atoms with E-state index in [9.17, 15) is 4.79 Å². The van der Waals surface area contributed by atoms with E-state index < -0.39 is 0 Å². The number of aromatic nitrogens is 1. The SMILES string of the molecule is CNC(=O)[C@@H](C)NC(C)c1scnc1C. The Hall–Kier alpha value is -0.940. The van der Waals surface area contributed by atoms with Gasteiger partial charge in [-0.15, -0.1) is 11.3 Å². The van der Waals surface area contributed by atoms with Gasteiger partial charge < -0.3 is 5.32 Å². The van der Waals surface area contributed by atoms with Crippen molar-refractivity contribution < 1.29 is 4.79 Å². The van der Waals surface area contributed by atoms with Gasteiger partial charge in [-0.05, 0) is 20.8 Å². The van der Waals surface area contributed by atoms with Crippen LogP contribution >= 0.6 is 11.3 Å². The molecule has 0 fully saturated rings. The van der Waals surface area contributed by atoms with Gasteiger partial charge in [-0.3, -0.25) is 10.1 Å². The third-order valence-electron chi connectivity index (χ3n) is 2.32. The second-order valence-corrected chi connectivity index (χ2v) is 4.41.